The van der Waals surface area contributed by atoms with Gasteiger partial charge in [-0.1, -0.05) is 101 Å². The summed E-state index contributed by atoms with van der Waals surface area (Å²) in [7, 11) is 0. The fourth-order valence-electron chi connectivity index (χ4n) is 3.27. The molecular weight excluding hydrogens is 446 g/mol. The van der Waals surface area contributed by atoms with Crippen molar-refractivity contribution in [2.45, 2.75) is 96.4 Å². The Bertz CT molecular complexity index is 522. The van der Waals surface area contributed by atoms with E-state index in [1.54, 1.807) is 0 Å². The number of rotatable bonds is 16. The Kier molecular flexibility index (Phi) is 17.3. The molecule has 0 aromatic heterocycles. The summed E-state index contributed by atoms with van der Waals surface area (Å²) in [6.07, 6.45) is 14.4. The van der Waals surface area contributed by atoms with Crippen molar-refractivity contribution in [3.05, 3.63) is 35.9 Å². The van der Waals surface area contributed by atoms with Crippen LogP contribution in [0.2, 0.25) is 0 Å². The van der Waals surface area contributed by atoms with Gasteiger partial charge in [0.25, 0.3) is 0 Å². The van der Waals surface area contributed by atoms with Gasteiger partial charge >= 0.3 is 5.97 Å². The second-order valence-electron chi connectivity index (χ2n) is 7.43. The molecule has 0 aliphatic rings. The molecule has 1 atom stereocenters. The molecule has 0 aliphatic carbocycles. The summed E-state index contributed by atoms with van der Waals surface area (Å²) in [5.41, 5.74) is 0.917. The van der Waals surface area contributed by atoms with E-state index in [0.29, 0.717) is 12.8 Å². The summed E-state index contributed by atoms with van der Waals surface area (Å²) >= 11 is 0. The molecule has 163 valence electrons. The van der Waals surface area contributed by atoms with E-state index < -0.39 is 12.0 Å². The van der Waals surface area contributed by atoms with Crippen molar-refractivity contribution in [1.29, 1.82) is 0 Å². The smallest absolute Gasteiger partial charge is 0.326 e. The second-order valence-corrected chi connectivity index (χ2v) is 7.43. The molecule has 0 fully saturated rings. The Morgan fingerprint density at radius 3 is 1.86 bits per heavy atom. The molecule has 0 spiro atoms. The van der Waals surface area contributed by atoms with Gasteiger partial charge in [0.15, 0.2) is 0 Å². The van der Waals surface area contributed by atoms with Gasteiger partial charge in [-0.05, 0) is 12.0 Å². The number of carbonyl (C=O) groups excluding carboxylic acids is 1. The van der Waals surface area contributed by atoms with Crippen molar-refractivity contribution in [1.82, 2.24) is 5.32 Å². The molecule has 1 radical (unpaired) electrons. The number of hydrogen-bond acceptors (Lipinski definition) is 2. The number of carboxylic acid groups (broad SMARTS) is 1. The summed E-state index contributed by atoms with van der Waals surface area (Å²) < 4.78 is 0. The van der Waals surface area contributed by atoms with Crippen LogP contribution in [-0.4, -0.2) is 23.0 Å². The minimum absolute atomic E-state index is 0. The van der Waals surface area contributed by atoms with Gasteiger partial charge in [-0.3, -0.25) is 4.79 Å². The van der Waals surface area contributed by atoms with Crippen LogP contribution in [0.25, 0.3) is 0 Å². The van der Waals surface area contributed by atoms with E-state index in [0.717, 1.165) is 24.8 Å². The minimum Gasteiger partial charge on any atom is -0.480 e. The third kappa shape index (κ3) is 14.0. The van der Waals surface area contributed by atoms with Crippen molar-refractivity contribution >= 4 is 11.9 Å². The second kappa shape index (κ2) is 18.0. The zero-order valence-electron chi connectivity index (χ0n) is 17.2. The SMILES string of the molecule is CCCCCCCCCCCCCC(=O)N[C@@H](Cc1ccccc1)C(=O)O.[Ag]. The van der Waals surface area contributed by atoms with E-state index >= 15 is 0 Å². The fourth-order valence-corrected chi connectivity index (χ4v) is 3.27. The molecule has 2 N–H and O–H groups in total. The van der Waals surface area contributed by atoms with Gasteiger partial charge < -0.3 is 10.4 Å². The minimum atomic E-state index is -0.980. The predicted octanol–water partition coefficient (Wildman–Crippen LogP) is 5.50. The van der Waals surface area contributed by atoms with E-state index in [1.807, 2.05) is 30.3 Å². The molecule has 4 nitrogen and oxygen atoms in total. The van der Waals surface area contributed by atoms with Crippen LogP contribution in [0.4, 0.5) is 0 Å². The van der Waals surface area contributed by atoms with Gasteiger partial charge in [0.05, 0.1) is 0 Å². The first-order valence-corrected chi connectivity index (χ1v) is 10.7. The van der Waals surface area contributed by atoms with E-state index in [4.69, 9.17) is 0 Å². The molecule has 1 amide bonds. The Balaban J connectivity index is 0.00000729. The quantitative estimate of drug-likeness (QED) is 0.241. The predicted molar refractivity (Wildman–Crippen MR) is 111 cm³/mol. The van der Waals surface area contributed by atoms with Crippen LogP contribution < -0.4 is 5.32 Å². The Morgan fingerprint density at radius 2 is 1.36 bits per heavy atom. The molecule has 0 heterocycles. The number of hydrogen-bond donors (Lipinski definition) is 2. The van der Waals surface area contributed by atoms with Crippen molar-refractivity contribution in [3.63, 3.8) is 0 Å². The molecule has 0 bridgehead atoms. The molecule has 0 saturated heterocycles. The van der Waals surface area contributed by atoms with Crippen LogP contribution in [0.1, 0.15) is 89.5 Å². The Labute approximate surface area is 186 Å². The van der Waals surface area contributed by atoms with Gasteiger partial charge in [0, 0.05) is 35.2 Å². The number of unbranched alkanes of at least 4 members (excludes halogenated alkanes) is 10. The van der Waals surface area contributed by atoms with Gasteiger partial charge in [-0.2, -0.15) is 0 Å². The molecule has 0 unspecified atom stereocenters. The molecular formula is C23H37AgNO3. The largest absolute Gasteiger partial charge is 0.480 e. The average molecular weight is 483 g/mol. The third-order valence-electron chi connectivity index (χ3n) is 4.92. The normalized spacial score (nSPS) is 11.5. The third-order valence-corrected chi connectivity index (χ3v) is 4.92. The van der Waals surface area contributed by atoms with Crippen molar-refractivity contribution < 1.29 is 37.1 Å². The van der Waals surface area contributed by atoms with Crippen LogP contribution in [-0.2, 0) is 38.4 Å². The molecule has 1 aromatic rings. The van der Waals surface area contributed by atoms with Crippen LogP contribution >= 0.6 is 0 Å². The number of aliphatic carboxylic acids is 1. The Morgan fingerprint density at radius 1 is 0.857 bits per heavy atom. The number of benzene rings is 1. The molecule has 0 aliphatic heterocycles. The summed E-state index contributed by atoms with van der Waals surface area (Å²) in [6.45, 7) is 2.24. The van der Waals surface area contributed by atoms with E-state index in [1.165, 1.54) is 51.4 Å². The van der Waals surface area contributed by atoms with Gasteiger partial charge in [-0.15, -0.1) is 0 Å². The van der Waals surface area contributed by atoms with E-state index in [-0.39, 0.29) is 28.3 Å². The van der Waals surface area contributed by atoms with E-state index in [2.05, 4.69) is 12.2 Å². The van der Waals surface area contributed by atoms with Crippen LogP contribution in [0.5, 0.6) is 0 Å². The van der Waals surface area contributed by atoms with Gasteiger partial charge in [0.1, 0.15) is 6.04 Å². The van der Waals surface area contributed by atoms with Gasteiger partial charge in [-0.25, -0.2) is 4.79 Å². The van der Waals surface area contributed by atoms with Crippen LogP contribution in [0.15, 0.2) is 30.3 Å². The molecule has 5 heteroatoms. The number of amides is 1. The molecule has 0 saturated carbocycles. The first kappa shape index (κ1) is 26.9. The first-order chi connectivity index (χ1) is 13.1. The zero-order valence-corrected chi connectivity index (χ0v) is 18.7. The van der Waals surface area contributed by atoms with E-state index in [9.17, 15) is 14.7 Å². The maximum atomic E-state index is 12.0. The summed E-state index contributed by atoms with van der Waals surface area (Å²) in [5.74, 6) is -1.14. The van der Waals surface area contributed by atoms with Crippen molar-refractivity contribution in [3.8, 4) is 0 Å². The average Bonchev–Trinajstić information content (AvgIpc) is 2.66. The maximum absolute atomic E-state index is 12.0. The summed E-state index contributed by atoms with van der Waals surface area (Å²) in [4.78, 5) is 23.4. The summed E-state index contributed by atoms with van der Waals surface area (Å²) in [5, 5.41) is 12.0. The maximum Gasteiger partial charge on any atom is 0.326 e. The van der Waals surface area contributed by atoms with Crippen LogP contribution in [0, 0.1) is 0 Å². The standard InChI is InChI=1S/C23H37NO3.Ag/c1-2-3-4-5-6-7-8-9-10-11-15-18-22(25)24-21(23(26)27)19-20-16-13-12-14-17-20;/h12-14,16-17,21H,2-11,15,18-19H2,1H3,(H,24,25)(H,26,27);/t21-;/m0./s1. The van der Waals surface area contributed by atoms with Gasteiger partial charge in [0.2, 0.25) is 5.91 Å². The number of nitrogens with one attached hydrogen (secondary N) is 1. The van der Waals surface area contributed by atoms with Crippen LogP contribution in [0.3, 0.4) is 0 Å². The molecule has 1 aromatic carbocycles. The molecule has 1 rings (SSSR count). The Hall–Kier alpha value is -1.10. The zero-order chi connectivity index (χ0) is 19.7. The first-order valence-electron chi connectivity index (χ1n) is 10.7. The number of carboxylic acids is 1. The molecule has 28 heavy (non-hydrogen) atoms. The van der Waals surface area contributed by atoms with Crippen molar-refractivity contribution in [2.75, 3.05) is 0 Å². The topological polar surface area (TPSA) is 66.4 Å². The monoisotopic (exact) mass is 482 g/mol. The summed E-state index contributed by atoms with van der Waals surface area (Å²) in [6, 6.07) is 8.55. The van der Waals surface area contributed by atoms with Crippen molar-refractivity contribution in [2.24, 2.45) is 0 Å². The fraction of sp³-hybridized carbons (Fsp3) is 0.652. The number of carbonyl (C=O) groups is 2.